The van der Waals surface area contributed by atoms with Crippen molar-refractivity contribution >= 4 is 11.0 Å². The van der Waals surface area contributed by atoms with Crippen LogP contribution in [0.25, 0.3) is 11.0 Å². The standard InChI is InChI=1S/C16H16FN3/c17-13-7-5-12(6-8-13)11-20-15-4-2-1-3-14(15)19-16(20)9-10-18/h1-8H,9-11,18H2. The average Bonchev–Trinajstić information content (AvgIpc) is 2.80. The zero-order valence-electron chi connectivity index (χ0n) is 11.1. The molecule has 0 aliphatic rings. The van der Waals surface area contributed by atoms with Crippen molar-refractivity contribution in [1.82, 2.24) is 9.55 Å². The molecule has 1 aromatic heterocycles. The average molecular weight is 269 g/mol. The summed E-state index contributed by atoms with van der Waals surface area (Å²) in [5.74, 6) is 0.754. The summed E-state index contributed by atoms with van der Waals surface area (Å²) >= 11 is 0. The quantitative estimate of drug-likeness (QED) is 0.791. The van der Waals surface area contributed by atoms with Gasteiger partial charge in [0.25, 0.3) is 0 Å². The highest BCUT2D eigenvalue weighted by molar-refractivity contribution is 5.76. The largest absolute Gasteiger partial charge is 0.330 e. The van der Waals surface area contributed by atoms with Crippen LogP contribution in [0, 0.1) is 5.82 Å². The molecule has 0 atom stereocenters. The number of halogens is 1. The molecule has 4 heteroatoms. The molecule has 2 N–H and O–H groups in total. The van der Waals surface area contributed by atoms with Crippen molar-refractivity contribution in [3.8, 4) is 0 Å². The first-order valence-electron chi connectivity index (χ1n) is 6.66. The highest BCUT2D eigenvalue weighted by atomic mass is 19.1. The van der Waals surface area contributed by atoms with E-state index in [1.165, 1.54) is 12.1 Å². The van der Waals surface area contributed by atoms with Crippen LogP contribution in [0.2, 0.25) is 0 Å². The third-order valence-corrected chi connectivity index (χ3v) is 3.36. The maximum absolute atomic E-state index is 13.0. The fraction of sp³-hybridized carbons (Fsp3) is 0.188. The number of aromatic nitrogens is 2. The van der Waals surface area contributed by atoms with E-state index in [4.69, 9.17) is 5.73 Å². The monoisotopic (exact) mass is 269 g/mol. The van der Waals surface area contributed by atoms with E-state index in [1.54, 1.807) is 12.1 Å². The molecule has 0 saturated heterocycles. The molecule has 0 amide bonds. The van der Waals surface area contributed by atoms with E-state index >= 15 is 0 Å². The van der Waals surface area contributed by atoms with Crippen LogP contribution in [0.3, 0.4) is 0 Å². The van der Waals surface area contributed by atoms with Crippen molar-refractivity contribution in [2.75, 3.05) is 6.54 Å². The van der Waals surface area contributed by atoms with Crippen LogP contribution in [-0.2, 0) is 13.0 Å². The lowest BCUT2D eigenvalue weighted by atomic mass is 10.2. The Hall–Kier alpha value is -2.20. The summed E-state index contributed by atoms with van der Waals surface area (Å²) in [4.78, 5) is 4.63. The number of benzene rings is 2. The van der Waals surface area contributed by atoms with Gasteiger partial charge in [0.15, 0.2) is 0 Å². The number of hydrogen-bond acceptors (Lipinski definition) is 2. The number of fused-ring (bicyclic) bond motifs is 1. The van der Waals surface area contributed by atoms with Gasteiger partial charge < -0.3 is 10.3 Å². The molecule has 0 saturated carbocycles. The Morgan fingerprint density at radius 2 is 1.80 bits per heavy atom. The molecule has 20 heavy (non-hydrogen) atoms. The molecule has 0 aliphatic heterocycles. The predicted molar refractivity (Wildman–Crippen MR) is 78.0 cm³/mol. The number of nitrogens with zero attached hydrogens (tertiary/aromatic N) is 2. The van der Waals surface area contributed by atoms with Gasteiger partial charge in [0, 0.05) is 13.0 Å². The molecular formula is C16H16FN3. The Morgan fingerprint density at radius 3 is 2.55 bits per heavy atom. The van der Waals surface area contributed by atoms with Crippen LogP contribution in [0.5, 0.6) is 0 Å². The fourth-order valence-electron chi connectivity index (χ4n) is 2.39. The summed E-state index contributed by atoms with van der Waals surface area (Å²) in [6.07, 6.45) is 0.732. The van der Waals surface area contributed by atoms with Crippen molar-refractivity contribution in [1.29, 1.82) is 0 Å². The summed E-state index contributed by atoms with van der Waals surface area (Å²) in [6.45, 7) is 1.24. The molecule has 3 aromatic rings. The summed E-state index contributed by atoms with van der Waals surface area (Å²) in [6, 6.07) is 14.6. The van der Waals surface area contributed by atoms with E-state index in [-0.39, 0.29) is 5.82 Å². The minimum atomic E-state index is -0.216. The van der Waals surface area contributed by atoms with E-state index in [0.29, 0.717) is 13.1 Å². The lowest BCUT2D eigenvalue weighted by Gasteiger charge is -2.09. The van der Waals surface area contributed by atoms with Gasteiger partial charge in [0.05, 0.1) is 11.0 Å². The van der Waals surface area contributed by atoms with E-state index in [9.17, 15) is 4.39 Å². The minimum Gasteiger partial charge on any atom is -0.330 e. The molecule has 1 heterocycles. The van der Waals surface area contributed by atoms with Gasteiger partial charge >= 0.3 is 0 Å². The van der Waals surface area contributed by atoms with Crippen molar-refractivity contribution in [2.45, 2.75) is 13.0 Å². The maximum Gasteiger partial charge on any atom is 0.123 e. The normalized spacial score (nSPS) is 11.1. The molecule has 0 bridgehead atoms. The first-order valence-corrected chi connectivity index (χ1v) is 6.66. The minimum absolute atomic E-state index is 0.216. The Morgan fingerprint density at radius 1 is 1.05 bits per heavy atom. The molecule has 0 aliphatic carbocycles. The van der Waals surface area contributed by atoms with Gasteiger partial charge in [-0.15, -0.1) is 0 Å². The second kappa shape index (κ2) is 5.43. The number of nitrogens with two attached hydrogens (primary N) is 1. The molecular weight excluding hydrogens is 253 g/mol. The summed E-state index contributed by atoms with van der Waals surface area (Å²) in [7, 11) is 0. The van der Waals surface area contributed by atoms with E-state index in [0.717, 1.165) is 28.8 Å². The van der Waals surface area contributed by atoms with Crippen molar-refractivity contribution in [2.24, 2.45) is 5.73 Å². The molecule has 3 rings (SSSR count). The highest BCUT2D eigenvalue weighted by Gasteiger charge is 2.10. The van der Waals surface area contributed by atoms with Gasteiger partial charge in [-0.3, -0.25) is 0 Å². The predicted octanol–water partition coefficient (Wildman–Crippen LogP) is 2.72. The number of rotatable bonds is 4. The van der Waals surface area contributed by atoms with Crippen molar-refractivity contribution in [3.63, 3.8) is 0 Å². The first kappa shape index (κ1) is 12.8. The summed E-state index contributed by atoms with van der Waals surface area (Å²) in [5.41, 5.74) is 8.76. The lowest BCUT2D eigenvalue weighted by Crippen LogP contribution is -2.10. The number of para-hydroxylation sites is 2. The Balaban J connectivity index is 2.04. The Labute approximate surface area is 116 Å². The smallest absolute Gasteiger partial charge is 0.123 e. The molecule has 3 nitrogen and oxygen atoms in total. The van der Waals surface area contributed by atoms with Gasteiger partial charge in [-0.2, -0.15) is 0 Å². The lowest BCUT2D eigenvalue weighted by molar-refractivity contribution is 0.626. The second-order valence-electron chi connectivity index (χ2n) is 4.77. The van der Waals surface area contributed by atoms with Crippen LogP contribution >= 0.6 is 0 Å². The number of hydrogen-bond donors (Lipinski definition) is 1. The molecule has 0 radical (unpaired) electrons. The van der Waals surface area contributed by atoms with Gasteiger partial charge in [-0.25, -0.2) is 9.37 Å². The first-order chi connectivity index (χ1) is 9.78. The van der Waals surface area contributed by atoms with Gasteiger partial charge in [0.2, 0.25) is 0 Å². The summed E-state index contributed by atoms with van der Waals surface area (Å²) in [5, 5.41) is 0. The molecule has 0 unspecified atom stereocenters. The van der Waals surface area contributed by atoms with Crippen LogP contribution < -0.4 is 5.73 Å². The summed E-state index contributed by atoms with van der Waals surface area (Å²) < 4.78 is 15.1. The topological polar surface area (TPSA) is 43.8 Å². The molecule has 0 fully saturated rings. The van der Waals surface area contributed by atoms with Crippen molar-refractivity contribution < 1.29 is 4.39 Å². The third-order valence-electron chi connectivity index (χ3n) is 3.36. The highest BCUT2D eigenvalue weighted by Crippen LogP contribution is 2.18. The van der Waals surface area contributed by atoms with Crippen molar-refractivity contribution in [3.05, 3.63) is 65.7 Å². The Bertz CT molecular complexity index is 716. The fourth-order valence-corrected chi connectivity index (χ4v) is 2.39. The number of imidazole rings is 1. The molecule has 0 spiro atoms. The van der Waals surface area contributed by atoms with Gasteiger partial charge in [-0.1, -0.05) is 24.3 Å². The van der Waals surface area contributed by atoms with Crippen LogP contribution in [0.4, 0.5) is 4.39 Å². The molecule has 2 aromatic carbocycles. The van der Waals surface area contributed by atoms with Gasteiger partial charge in [-0.05, 0) is 36.4 Å². The zero-order valence-corrected chi connectivity index (χ0v) is 11.1. The SMILES string of the molecule is NCCc1nc2ccccc2n1Cc1ccc(F)cc1. The van der Waals surface area contributed by atoms with E-state index < -0.39 is 0 Å². The van der Waals surface area contributed by atoms with E-state index in [2.05, 4.69) is 9.55 Å². The maximum atomic E-state index is 13.0. The van der Waals surface area contributed by atoms with E-state index in [1.807, 2.05) is 24.3 Å². The molecule has 102 valence electrons. The third kappa shape index (κ3) is 2.42. The van der Waals surface area contributed by atoms with Crippen LogP contribution in [0.1, 0.15) is 11.4 Å². The van der Waals surface area contributed by atoms with Crippen LogP contribution in [-0.4, -0.2) is 16.1 Å². The zero-order chi connectivity index (χ0) is 13.9. The second-order valence-corrected chi connectivity index (χ2v) is 4.77. The van der Waals surface area contributed by atoms with Gasteiger partial charge in [0.1, 0.15) is 11.6 Å². The van der Waals surface area contributed by atoms with Crippen LogP contribution in [0.15, 0.2) is 48.5 Å². The Kier molecular flexibility index (Phi) is 3.48.